The molecule has 78 valence electrons. The molecule has 0 aliphatic heterocycles. The Balaban J connectivity index is 2.56. The van der Waals surface area contributed by atoms with Gasteiger partial charge in [-0.2, -0.15) is 11.8 Å². The molecule has 0 radical (unpaired) electrons. The molecule has 0 heterocycles. The number of hydrogen-bond donors (Lipinski definition) is 1. The number of benzene rings is 1. The Morgan fingerprint density at radius 1 is 1.43 bits per heavy atom. The van der Waals surface area contributed by atoms with Crippen molar-refractivity contribution < 1.29 is 4.39 Å². The van der Waals surface area contributed by atoms with Gasteiger partial charge < -0.3 is 5.73 Å². The molecule has 1 aromatic rings. The molecular weight excluding hydrogens is 197 g/mol. The van der Waals surface area contributed by atoms with Crippen LogP contribution >= 0.6 is 11.8 Å². The molecule has 0 fully saturated rings. The van der Waals surface area contributed by atoms with Crippen LogP contribution in [0, 0.1) is 5.82 Å². The fraction of sp³-hybridized carbons (Fsp3) is 0.455. The second-order valence-corrected chi connectivity index (χ2v) is 5.15. The Morgan fingerprint density at radius 2 is 2.14 bits per heavy atom. The third-order valence-electron chi connectivity index (χ3n) is 1.89. The van der Waals surface area contributed by atoms with Gasteiger partial charge in [-0.05, 0) is 22.9 Å². The van der Waals surface area contributed by atoms with Crippen molar-refractivity contribution in [1.29, 1.82) is 0 Å². The molecule has 0 saturated heterocycles. The van der Waals surface area contributed by atoms with E-state index in [4.69, 9.17) is 5.73 Å². The lowest BCUT2D eigenvalue weighted by atomic mass is 10.1. The van der Waals surface area contributed by atoms with Gasteiger partial charge in [-0.1, -0.05) is 26.0 Å². The van der Waals surface area contributed by atoms with Crippen LogP contribution in [0.1, 0.15) is 25.5 Å². The number of hydrogen-bond acceptors (Lipinski definition) is 2. The van der Waals surface area contributed by atoms with Gasteiger partial charge in [0.2, 0.25) is 0 Å². The van der Waals surface area contributed by atoms with Crippen LogP contribution in [0.3, 0.4) is 0 Å². The molecule has 1 atom stereocenters. The summed E-state index contributed by atoms with van der Waals surface area (Å²) in [5.74, 6) is 0.619. The van der Waals surface area contributed by atoms with Gasteiger partial charge in [0.1, 0.15) is 5.82 Å². The van der Waals surface area contributed by atoms with Crippen LogP contribution in [-0.2, 0) is 0 Å². The highest BCUT2D eigenvalue weighted by molar-refractivity contribution is 7.99. The molecule has 0 bridgehead atoms. The van der Waals surface area contributed by atoms with Gasteiger partial charge in [0.15, 0.2) is 0 Å². The number of nitrogens with two attached hydrogens (primary N) is 1. The molecule has 1 nitrogen and oxygen atoms in total. The van der Waals surface area contributed by atoms with Gasteiger partial charge in [0.05, 0.1) is 0 Å². The van der Waals surface area contributed by atoms with Crippen LogP contribution in [0.2, 0.25) is 0 Å². The average molecular weight is 213 g/mol. The van der Waals surface area contributed by atoms with Crippen LogP contribution < -0.4 is 5.73 Å². The molecule has 0 saturated carbocycles. The Hall–Kier alpha value is -0.540. The summed E-state index contributed by atoms with van der Waals surface area (Å²) < 4.78 is 12.9. The van der Waals surface area contributed by atoms with Crippen LogP contribution in [0.4, 0.5) is 4.39 Å². The first-order chi connectivity index (χ1) is 6.59. The number of rotatable bonds is 4. The van der Waals surface area contributed by atoms with E-state index in [2.05, 4.69) is 13.8 Å². The van der Waals surface area contributed by atoms with Crippen molar-refractivity contribution in [2.75, 3.05) is 5.75 Å². The lowest BCUT2D eigenvalue weighted by molar-refractivity contribution is 0.622. The quantitative estimate of drug-likeness (QED) is 0.832. The minimum atomic E-state index is -0.215. The molecule has 1 aromatic carbocycles. The summed E-state index contributed by atoms with van der Waals surface area (Å²) in [6, 6.07) is 6.44. The first-order valence-electron chi connectivity index (χ1n) is 4.72. The molecule has 3 heteroatoms. The Morgan fingerprint density at radius 3 is 2.71 bits per heavy atom. The van der Waals surface area contributed by atoms with Gasteiger partial charge in [-0.25, -0.2) is 4.39 Å². The highest BCUT2D eigenvalue weighted by atomic mass is 32.2. The Bertz CT molecular complexity index is 288. The van der Waals surface area contributed by atoms with Crippen molar-refractivity contribution in [1.82, 2.24) is 0 Å². The Kier molecular flexibility index (Phi) is 4.42. The standard InChI is InChI=1S/C11H16FNS/c1-8(2)14-7-11(13)9-4-3-5-10(12)6-9/h3-6,8,11H,7,13H2,1-2H3. The summed E-state index contributed by atoms with van der Waals surface area (Å²) in [4.78, 5) is 0. The molecule has 1 unspecified atom stereocenters. The second-order valence-electron chi connectivity index (χ2n) is 3.54. The van der Waals surface area contributed by atoms with E-state index >= 15 is 0 Å². The summed E-state index contributed by atoms with van der Waals surface area (Å²) in [5, 5.41) is 0.564. The van der Waals surface area contributed by atoms with Gasteiger partial charge in [0.25, 0.3) is 0 Å². The molecule has 2 N–H and O–H groups in total. The van der Waals surface area contributed by atoms with Gasteiger partial charge >= 0.3 is 0 Å². The molecule has 14 heavy (non-hydrogen) atoms. The smallest absolute Gasteiger partial charge is 0.123 e. The van der Waals surface area contributed by atoms with E-state index in [1.54, 1.807) is 17.8 Å². The zero-order chi connectivity index (χ0) is 10.6. The maximum absolute atomic E-state index is 12.9. The summed E-state index contributed by atoms with van der Waals surface area (Å²) >= 11 is 1.79. The van der Waals surface area contributed by atoms with Crippen molar-refractivity contribution in [3.8, 4) is 0 Å². The fourth-order valence-electron chi connectivity index (χ4n) is 1.13. The highest BCUT2D eigenvalue weighted by Gasteiger charge is 2.07. The van der Waals surface area contributed by atoms with E-state index in [0.717, 1.165) is 11.3 Å². The van der Waals surface area contributed by atoms with E-state index in [1.807, 2.05) is 6.07 Å². The van der Waals surface area contributed by atoms with Crippen LogP contribution in [0.15, 0.2) is 24.3 Å². The molecule has 0 aliphatic carbocycles. The van der Waals surface area contributed by atoms with Crippen molar-refractivity contribution in [2.45, 2.75) is 25.1 Å². The van der Waals surface area contributed by atoms with Crippen LogP contribution in [0.5, 0.6) is 0 Å². The zero-order valence-corrected chi connectivity index (χ0v) is 9.35. The van der Waals surface area contributed by atoms with E-state index < -0.39 is 0 Å². The molecule has 0 amide bonds. The predicted octanol–water partition coefficient (Wildman–Crippen LogP) is 2.97. The molecule has 0 spiro atoms. The van der Waals surface area contributed by atoms with Crippen molar-refractivity contribution in [3.63, 3.8) is 0 Å². The van der Waals surface area contributed by atoms with Crippen LogP contribution in [-0.4, -0.2) is 11.0 Å². The first-order valence-corrected chi connectivity index (χ1v) is 5.77. The monoisotopic (exact) mass is 213 g/mol. The highest BCUT2D eigenvalue weighted by Crippen LogP contribution is 2.19. The molecule has 0 aliphatic rings. The minimum Gasteiger partial charge on any atom is -0.323 e. The summed E-state index contributed by atoms with van der Waals surface area (Å²) in [6.45, 7) is 4.26. The maximum atomic E-state index is 12.9. The molecular formula is C11H16FNS. The Labute approximate surface area is 88.9 Å². The lowest BCUT2D eigenvalue weighted by Crippen LogP contribution is -2.14. The summed E-state index contributed by atoms with van der Waals surface area (Å²) in [5.41, 5.74) is 6.80. The normalized spacial score (nSPS) is 13.2. The number of thioether (sulfide) groups is 1. The third-order valence-corrected chi connectivity index (χ3v) is 3.10. The van der Waals surface area contributed by atoms with Gasteiger partial charge in [-0.3, -0.25) is 0 Å². The predicted molar refractivity (Wildman–Crippen MR) is 60.9 cm³/mol. The van der Waals surface area contributed by atoms with Crippen molar-refractivity contribution in [2.24, 2.45) is 5.73 Å². The average Bonchev–Trinajstić information content (AvgIpc) is 2.14. The summed E-state index contributed by atoms with van der Waals surface area (Å²) in [6.07, 6.45) is 0. The third kappa shape index (κ3) is 3.68. The minimum absolute atomic E-state index is 0.0712. The topological polar surface area (TPSA) is 26.0 Å². The van der Waals surface area contributed by atoms with Crippen molar-refractivity contribution >= 4 is 11.8 Å². The van der Waals surface area contributed by atoms with Gasteiger partial charge in [0, 0.05) is 11.8 Å². The van der Waals surface area contributed by atoms with E-state index in [-0.39, 0.29) is 11.9 Å². The van der Waals surface area contributed by atoms with E-state index in [9.17, 15) is 4.39 Å². The zero-order valence-electron chi connectivity index (χ0n) is 8.53. The SMILES string of the molecule is CC(C)SCC(N)c1cccc(F)c1. The largest absolute Gasteiger partial charge is 0.323 e. The van der Waals surface area contributed by atoms with Gasteiger partial charge in [-0.15, -0.1) is 0 Å². The van der Waals surface area contributed by atoms with E-state index in [1.165, 1.54) is 12.1 Å². The molecule has 1 rings (SSSR count). The fourth-order valence-corrected chi connectivity index (χ4v) is 1.91. The summed E-state index contributed by atoms with van der Waals surface area (Å²) in [7, 11) is 0. The second kappa shape index (κ2) is 5.37. The maximum Gasteiger partial charge on any atom is 0.123 e. The number of halogens is 1. The molecule has 0 aromatic heterocycles. The van der Waals surface area contributed by atoms with Crippen LogP contribution in [0.25, 0.3) is 0 Å². The van der Waals surface area contributed by atoms with Crippen molar-refractivity contribution in [3.05, 3.63) is 35.6 Å². The van der Waals surface area contributed by atoms with E-state index in [0.29, 0.717) is 5.25 Å². The first kappa shape index (κ1) is 11.5. The lowest BCUT2D eigenvalue weighted by Gasteiger charge is -2.13.